The first-order chi connectivity index (χ1) is 15.4. The number of amides is 3. The third-order valence-electron chi connectivity index (χ3n) is 5.73. The van der Waals surface area contributed by atoms with E-state index in [0.29, 0.717) is 34.5 Å². The van der Waals surface area contributed by atoms with Crippen LogP contribution >= 0.6 is 0 Å². The van der Waals surface area contributed by atoms with E-state index >= 15 is 0 Å². The number of hydrogen-bond acceptors (Lipinski definition) is 4. The summed E-state index contributed by atoms with van der Waals surface area (Å²) >= 11 is 0. The Labute approximate surface area is 187 Å². The lowest BCUT2D eigenvalue weighted by atomic mass is 10.1. The number of fused-ring (bicyclic) bond motifs is 1. The maximum atomic E-state index is 13.2. The highest BCUT2D eigenvalue weighted by molar-refractivity contribution is 6.21. The van der Waals surface area contributed by atoms with E-state index in [-0.39, 0.29) is 24.3 Å². The zero-order chi connectivity index (χ0) is 22.8. The van der Waals surface area contributed by atoms with Crippen molar-refractivity contribution in [1.29, 1.82) is 0 Å². The van der Waals surface area contributed by atoms with Crippen LogP contribution in [0.2, 0.25) is 0 Å². The molecule has 6 heteroatoms. The van der Waals surface area contributed by atoms with Gasteiger partial charge in [-0.3, -0.25) is 19.3 Å². The molecule has 3 aromatic carbocycles. The molecule has 0 aliphatic carbocycles. The van der Waals surface area contributed by atoms with Gasteiger partial charge in [-0.25, -0.2) is 0 Å². The molecule has 0 spiro atoms. The number of imide groups is 1. The van der Waals surface area contributed by atoms with E-state index in [1.54, 1.807) is 54.4 Å². The Hall–Kier alpha value is -3.93. The molecule has 3 aromatic rings. The van der Waals surface area contributed by atoms with Gasteiger partial charge in [-0.15, -0.1) is 0 Å². The molecule has 1 aliphatic rings. The molecule has 0 aromatic heterocycles. The largest absolute Gasteiger partial charge is 0.496 e. The van der Waals surface area contributed by atoms with Crippen molar-refractivity contribution in [3.63, 3.8) is 0 Å². The van der Waals surface area contributed by atoms with Gasteiger partial charge in [0.05, 0.1) is 30.3 Å². The number of ether oxygens (including phenoxy) is 1. The Morgan fingerprint density at radius 1 is 0.938 bits per heavy atom. The average molecular weight is 428 g/mol. The molecule has 0 bridgehead atoms. The van der Waals surface area contributed by atoms with Crippen molar-refractivity contribution in [1.82, 2.24) is 9.80 Å². The van der Waals surface area contributed by atoms with Gasteiger partial charge in [0, 0.05) is 13.6 Å². The van der Waals surface area contributed by atoms with Gasteiger partial charge in [0.15, 0.2) is 0 Å². The predicted octanol–water partition coefficient (Wildman–Crippen LogP) is 4.07. The third-order valence-corrected chi connectivity index (χ3v) is 5.73. The second-order valence-electron chi connectivity index (χ2n) is 7.86. The number of hydrogen-bond donors (Lipinski definition) is 0. The number of carbonyl (C=O) groups is 3. The van der Waals surface area contributed by atoms with E-state index in [0.717, 1.165) is 11.1 Å². The molecule has 6 nitrogen and oxygen atoms in total. The Balaban J connectivity index is 1.58. The maximum absolute atomic E-state index is 13.2. The maximum Gasteiger partial charge on any atom is 0.261 e. The molecule has 32 heavy (non-hydrogen) atoms. The minimum Gasteiger partial charge on any atom is -0.496 e. The average Bonchev–Trinajstić information content (AvgIpc) is 3.05. The van der Waals surface area contributed by atoms with Gasteiger partial charge in [-0.05, 0) is 47.9 Å². The van der Waals surface area contributed by atoms with Crippen molar-refractivity contribution < 1.29 is 19.1 Å². The van der Waals surface area contributed by atoms with Crippen molar-refractivity contribution in [2.45, 2.75) is 20.0 Å². The molecular weight excluding hydrogens is 404 g/mol. The molecule has 3 amide bonds. The zero-order valence-corrected chi connectivity index (χ0v) is 18.3. The smallest absolute Gasteiger partial charge is 0.261 e. The van der Waals surface area contributed by atoms with E-state index in [2.05, 4.69) is 0 Å². The fraction of sp³-hybridized carbons (Fsp3) is 0.192. The van der Waals surface area contributed by atoms with Crippen LogP contribution in [0.1, 0.15) is 47.8 Å². The van der Waals surface area contributed by atoms with Crippen LogP contribution in [0.4, 0.5) is 0 Å². The zero-order valence-electron chi connectivity index (χ0n) is 18.3. The first-order valence-corrected chi connectivity index (χ1v) is 10.3. The Morgan fingerprint density at radius 2 is 1.56 bits per heavy atom. The van der Waals surface area contributed by atoms with Gasteiger partial charge in [-0.1, -0.05) is 42.5 Å². The number of aryl methyl sites for hydroxylation is 1. The topological polar surface area (TPSA) is 66.9 Å². The van der Waals surface area contributed by atoms with Gasteiger partial charge in [0.25, 0.3) is 17.7 Å². The number of nitrogens with zero attached hydrogens (tertiary/aromatic N) is 2. The molecule has 0 saturated carbocycles. The highest BCUT2D eigenvalue weighted by Crippen LogP contribution is 2.27. The van der Waals surface area contributed by atoms with E-state index in [1.807, 2.05) is 31.2 Å². The first-order valence-electron chi connectivity index (χ1n) is 10.3. The SMILES string of the molecule is COc1ccc(CN2C(=O)c3ccccc3C2=O)cc1C(=O)N(C)Cc1ccccc1C. The highest BCUT2D eigenvalue weighted by atomic mass is 16.5. The number of carbonyl (C=O) groups excluding carboxylic acids is 3. The van der Waals surface area contributed by atoms with E-state index in [9.17, 15) is 14.4 Å². The molecule has 0 unspecified atom stereocenters. The number of benzene rings is 3. The predicted molar refractivity (Wildman–Crippen MR) is 121 cm³/mol. The summed E-state index contributed by atoms with van der Waals surface area (Å²) in [6.45, 7) is 2.55. The Kier molecular flexibility index (Phi) is 5.77. The van der Waals surface area contributed by atoms with Crippen LogP contribution in [0.5, 0.6) is 5.75 Å². The van der Waals surface area contributed by atoms with E-state index in [4.69, 9.17) is 4.74 Å². The van der Waals surface area contributed by atoms with E-state index < -0.39 is 0 Å². The van der Waals surface area contributed by atoms with Crippen molar-refractivity contribution in [3.8, 4) is 5.75 Å². The van der Waals surface area contributed by atoms with E-state index in [1.165, 1.54) is 12.0 Å². The van der Waals surface area contributed by atoms with Crippen LogP contribution in [0, 0.1) is 6.92 Å². The molecular formula is C26H24N2O4. The summed E-state index contributed by atoms with van der Waals surface area (Å²) in [6, 6.07) is 19.9. The number of rotatable bonds is 6. The molecule has 0 radical (unpaired) electrons. The monoisotopic (exact) mass is 428 g/mol. The lowest BCUT2D eigenvalue weighted by molar-refractivity contribution is 0.0642. The van der Waals surface area contributed by atoms with Crippen molar-refractivity contribution >= 4 is 17.7 Å². The van der Waals surface area contributed by atoms with Crippen molar-refractivity contribution in [2.75, 3.05) is 14.2 Å². The van der Waals surface area contributed by atoms with Gasteiger partial charge in [-0.2, -0.15) is 0 Å². The number of methoxy groups -OCH3 is 1. The fourth-order valence-corrected chi connectivity index (χ4v) is 3.91. The van der Waals surface area contributed by atoms with Gasteiger partial charge in [0.2, 0.25) is 0 Å². The second-order valence-corrected chi connectivity index (χ2v) is 7.86. The van der Waals surface area contributed by atoms with Crippen LogP contribution in [0.15, 0.2) is 66.7 Å². The molecule has 1 heterocycles. The summed E-state index contributed by atoms with van der Waals surface area (Å²) in [5.41, 5.74) is 4.04. The summed E-state index contributed by atoms with van der Waals surface area (Å²) in [7, 11) is 3.25. The lowest BCUT2D eigenvalue weighted by Crippen LogP contribution is -2.30. The van der Waals surface area contributed by atoms with Crippen LogP contribution in [0.25, 0.3) is 0 Å². The summed E-state index contributed by atoms with van der Waals surface area (Å²) in [4.78, 5) is 41.5. The molecule has 0 atom stereocenters. The molecule has 0 saturated heterocycles. The third kappa shape index (κ3) is 3.87. The second kappa shape index (κ2) is 8.67. The van der Waals surface area contributed by atoms with Crippen LogP contribution in [-0.2, 0) is 13.1 Å². The molecule has 1 aliphatic heterocycles. The molecule has 4 rings (SSSR count). The van der Waals surface area contributed by atoms with Gasteiger partial charge < -0.3 is 9.64 Å². The fourth-order valence-electron chi connectivity index (χ4n) is 3.91. The summed E-state index contributed by atoms with van der Waals surface area (Å²) in [5.74, 6) is -0.413. The van der Waals surface area contributed by atoms with Crippen LogP contribution in [-0.4, -0.2) is 41.7 Å². The molecule has 0 N–H and O–H groups in total. The Morgan fingerprint density at radius 3 is 2.19 bits per heavy atom. The minimum absolute atomic E-state index is 0.0815. The lowest BCUT2D eigenvalue weighted by Gasteiger charge is -2.21. The molecule has 162 valence electrons. The summed E-state index contributed by atoms with van der Waals surface area (Å²) < 4.78 is 5.41. The summed E-state index contributed by atoms with van der Waals surface area (Å²) in [6.07, 6.45) is 0. The highest BCUT2D eigenvalue weighted by Gasteiger charge is 2.35. The minimum atomic E-state index is -0.328. The quantitative estimate of drug-likeness (QED) is 0.555. The van der Waals surface area contributed by atoms with Crippen LogP contribution < -0.4 is 4.74 Å². The van der Waals surface area contributed by atoms with Gasteiger partial charge >= 0.3 is 0 Å². The van der Waals surface area contributed by atoms with Crippen LogP contribution in [0.3, 0.4) is 0 Å². The molecule has 0 fully saturated rings. The Bertz CT molecular complexity index is 1180. The van der Waals surface area contributed by atoms with Crippen molar-refractivity contribution in [2.24, 2.45) is 0 Å². The standard InChI is InChI=1S/C26H24N2O4/c1-17-8-4-5-9-19(17)16-27(2)24(29)22-14-18(12-13-23(22)32-3)15-28-25(30)20-10-6-7-11-21(20)26(28)31/h4-14H,15-16H2,1-3H3. The summed E-state index contributed by atoms with van der Waals surface area (Å²) in [5, 5.41) is 0. The van der Waals surface area contributed by atoms with Crippen molar-refractivity contribution in [3.05, 3.63) is 100 Å². The first kappa shape index (κ1) is 21.3. The van der Waals surface area contributed by atoms with Gasteiger partial charge in [0.1, 0.15) is 5.75 Å². The normalized spacial score (nSPS) is 12.7.